The van der Waals surface area contributed by atoms with Crippen LogP contribution in [0.15, 0.2) is 47.0 Å². The SMILES string of the molecule is CCC1c2ccsc2CCN1C(=O)Cn1cnc2c(cnn2-c2cc(C)cc(C)c2)c1=O. The average Bonchev–Trinajstić information content (AvgIpc) is 3.41. The molecule has 1 aromatic carbocycles. The number of fused-ring (bicyclic) bond motifs is 2. The first-order valence-electron chi connectivity index (χ1n) is 10.8. The number of carbonyl (C=O) groups excluding carboxylic acids is 1. The third kappa shape index (κ3) is 3.44. The fourth-order valence-corrected chi connectivity index (χ4v) is 5.62. The molecule has 1 aliphatic heterocycles. The molecule has 0 radical (unpaired) electrons. The zero-order chi connectivity index (χ0) is 22.4. The summed E-state index contributed by atoms with van der Waals surface area (Å²) in [7, 11) is 0. The molecule has 1 aliphatic rings. The minimum absolute atomic E-state index is 0.0214. The highest BCUT2D eigenvalue weighted by Gasteiger charge is 2.30. The Morgan fingerprint density at radius 1 is 1.22 bits per heavy atom. The van der Waals surface area contributed by atoms with Crippen molar-refractivity contribution >= 4 is 28.3 Å². The number of hydrogen-bond donors (Lipinski definition) is 0. The van der Waals surface area contributed by atoms with E-state index in [0.29, 0.717) is 17.6 Å². The molecule has 8 heteroatoms. The average molecular weight is 448 g/mol. The molecule has 0 aliphatic carbocycles. The Labute approximate surface area is 189 Å². The van der Waals surface area contributed by atoms with E-state index in [2.05, 4.69) is 34.5 Å². The van der Waals surface area contributed by atoms with Gasteiger partial charge in [0.2, 0.25) is 5.91 Å². The van der Waals surface area contributed by atoms with Gasteiger partial charge in [-0.3, -0.25) is 14.2 Å². The molecule has 5 rings (SSSR count). The maximum atomic E-state index is 13.2. The van der Waals surface area contributed by atoms with E-state index in [1.54, 1.807) is 16.0 Å². The number of benzene rings is 1. The molecule has 32 heavy (non-hydrogen) atoms. The predicted molar refractivity (Wildman–Crippen MR) is 125 cm³/mol. The number of thiophene rings is 1. The molecule has 164 valence electrons. The molecule has 7 nitrogen and oxygen atoms in total. The van der Waals surface area contributed by atoms with Crippen molar-refractivity contribution in [3.8, 4) is 5.69 Å². The van der Waals surface area contributed by atoms with Gasteiger partial charge in [-0.25, -0.2) is 9.67 Å². The van der Waals surface area contributed by atoms with Gasteiger partial charge in [-0.05, 0) is 67.0 Å². The van der Waals surface area contributed by atoms with Gasteiger partial charge in [0.1, 0.15) is 18.3 Å². The second-order valence-electron chi connectivity index (χ2n) is 8.38. The number of amides is 1. The van der Waals surface area contributed by atoms with E-state index in [1.165, 1.54) is 27.5 Å². The van der Waals surface area contributed by atoms with Gasteiger partial charge < -0.3 is 4.90 Å². The second-order valence-corrected chi connectivity index (χ2v) is 9.38. The maximum absolute atomic E-state index is 13.2. The molecule has 0 N–H and O–H groups in total. The van der Waals surface area contributed by atoms with Gasteiger partial charge in [0.05, 0.1) is 17.9 Å². The van der Waals surface area contributed by atoms with Gasteiger partial charge in [-0.15, -0.1) is 11.3 Å². The van der Waals surface area contributed by atoms with Gasteiger partial charge >= 0.3 is 0 Å². The number of aromatic nitrogens is 4. The van der Waals surface area contributed by atoms with Crippen molar-refractivity contribution in [2.24, 2.45) is 0 Å². The van der Waals surface area contributed by atoms with E-state index in [1.807, 2.05) is 30.9 Å². The van der Waals surface area contributed by atoms with Gasteiger partial charge in [-0.2, -0.15) is 5.10 Å². The number of carbonyl (C=O) groups is 1. The second kappa shape index (κ2) is 8.02. The van der Waals surface area contributed by atoms with Crippen LogP contribution in [-0.2, 0) is 17.8 Å². The molecule has 1 atom stereocenters. The molecule has 0 spiro atoms. The summed E-state index contributed by atoms with van der Waals surface area (Å²) < 4.78 is 3.08. The standard InChI is InChI=1S/C24H25N5O2S/c1-4-20-18-6-8-32-21(18)5-7-28(20)22(30)13-27-14-25-23-19(24(27)31)12-26-29(23)17-10-15(2)9-16(3)11-17/h6,8-12,14,20H,4-5,7,13H2,1-3H3. The summed E-state index contributed by atoms with van der Waals surface area (Å²) in [6, 6.07) is 8.29. The monoisotopic (exact) mass is 447 g/mol. The van der Waals surface area contributed by atoms with Gasteiger partial charge in [-0.1, -0.05) is 13.0 Å². The van der Waals surface area contributed by atoms with Crippen LogP contribution in [0.25, 0.3) is 16.7 Å². The minimum atomic E-state index is -0.250. The van der Waals surface area contributed by atoms with E-state index < -0.39 is 0 Å². The van der Waals surface area contributed by atoms with Crippen LogP contribution in [0, 0.1) is 13.8 Å². The first-order valence-corrected chi connectivity index (χ1v) is 11.7. The molecular weight excluding hydrogens is 422 g/mol. The lowest BCUT2D eigenvalue weighted by atomic mass is 9.98. The largest absolute Gasteiger partial charge is 0.334 e. The maximum Gasteiger partial charge on any atom is 0.264 e. The molecule has 0 bridgehead atoms. The van der Waals surface area contributed by atoms with Crippen LogP contribution in [0.2, 0.25) is 0 Å². The van der Waals surface area contributed by atoms with Crippen LogP contribution >= 0.6 is 11.3 Å². The third-order valence-corrected chi connectivity index (χ3v) is 7.11. The van der Waals surface area contributed by atoms with Crippen molar-refractivity contribution in [2.45, 2.75) is 46.2 Å². The highest BCUT2D eigenvalue weighted by Crippen LogP contribution is 2.35. The molecular formula is C24H25N5O2S. The van der Waals surface area contributed by atoms with E-state index in [0.717, 1.165) is 29.7 Å². The molecule has 1 unspecified atom stereocenters. The summed E-state index contributed by atoms with van der Waals surface area (Å²) in [5.41, 5.74) is 4.58. The molecule has 1 amide bonds. The summed E-state index contributed by atoms with van der Waals surface area (Å²) in [5.74, 6) is -0.0568. The Morgan fingerprint density at radius 2 is 2.00 bits per heavy atom. The first kappa shape index (κ1) is 20.6. The molecule has 4 aromatic rings. The number of hydrogen-bond acceptors (Lipinski definition) is 5. The van der Waals surface area contributed by atoms with Crippen molar-refractivity contribution in [1.82, 2.24) is 24.2 Å². The van der Waals surface area contributed by atoms with Crippen molar-refractivity contribution in [3.05, 3.63) is 74.1 Å². The van der Waals surface area contributed by atoms with Crippen molar-refractivity contribution < 1.29 is 4.79 Å². The van der Waals surface area contributed by atoms with Crippen molar-refractivity contribution in [2.75, 3.05) is 6.54 Å². The normalized spacial score (nSPS) is 15.8. The molecule has 0 saturated carbocycles. The fourth-order valence-electron chi connectivity index (χ4n) is 4.69. The van der Waals surface area contributed by atoms with Crippen LogP contribution < -0.4 is 5.56 Å². The fraction of sp³-hybridized carbons (Fsp3) is 0.333. The van der Waals surface area contributed by atoms with Crippen LogP contribution in [0.3, 0.4) is 0 Å². The van der Waals surface area contributed by atoms with Gasteiger partial charge in [0.15, 0.2) is 5.65 Å². The van der Waals surface area contributed by atoms with E-state index in [-0.39, 0.29) is 24.1 Å². The Morgan fingerprint density at radius 3 is 2.75 bits per heavy atom. The number of aryl methyl sites for hydroxylation is 2. The molecule has 4 heterocycles. The van der Waals surface area contributed by atoms with Gasteiger partial charge in [0.25, 0.3) is 5.56 Å². The summed E-state index contributed by atoms with van der Waals surface area (Å²) in [5, 5.41) is 6.91. The van der Waals surface area contributed by atoms with Gasteiger partial charge in [0, 0.05) is 11.4 Å². The Kier molecular flexibility index (Phi) is 5.17. The van der Waals surface area contributed by atoms with Crippen LogP contribution in [0.4, 0.5) is 0 Å². The quantitative estimate of drug-likeness (QED) is 0.477. The topological polar surface area (TPSA) is 73.0 Å². The summed E-state index contributed by atoms with van der Waals surface area (Å²) in [6.45, 7) is 6.81. The molecule has 3 aromatic heterocycles. The first-order chi connectivity index (χ1) is 15.5. The van der Waals surface area contributed by atoms with Crippen LogP contribution in [-0.4, -0.2) is 36.7 Å². The summed E-state index contributed by atoms with van der Waals surface area (Å²) in [4.78, 5) is 34.1. The lowest BCUT2D eigenvalue weighted by Gasteiger charge is -2.35. The highest BCUT2D eigenvalue weighted by molar-refractivity contribution is 7.10. The Bertz CT molecular complexity index is 1360. The van der Waals surface area contributed by atoms with E-state index in [4.69, 9.17) is 0 Å². The van der Waals surface area contributed by atoms with Crippen LogP contribution in [0.1, 0.15) is 41.0 Å². The molecule has 0 saturated heterocycles. The number of nitrogens with zero attached hydrogens (tertiary/aromatic N) is 5. The summed E-state index contributed by atoms with van der Waals surface area (Å²) >= 11 is 1.76. The lowest BCUT2D eigenvalue weighted by molar-refractivity contribution is -0.134. The highest BCUT2D eigenvalue weighted by atomic mass is 32.1. The van der Waals surface area contributed by atoms with E-state index in [9.17, 15) is 9.59 Å². The van der Waals surface area contributed by atoms with Crippen molar-refractivity contribution in [3.63, 3.8) is 0 Å². The zero-order valence-electron chi connectivity index (χ0n) is 18.4. The third-order valence-electron chi connectivity index (χ3n) is 6.11. The Balaban J connectivity index is 1.45. The molecule has 0 fully saturated rings. The zero-order valence-corrected chi connectivity index (χ0v) is 19.2. The minimum Gasteiger partial charge on any atom is -0.334 e. The van der Waals surface area contributed by atoms with Crippen LogP contribution in [0.5, 0.6) is 0 Å². The smallest absolute Gasteiger partial charge is 0.264 e. The predicted octanol–water partition coefficient (Wildman–Crippen LogP) is 3.80. The lowest BCUT2D eigenvalue weighted by Crippen LogP contribution is -2.42. The van der Waals surface area contributed by atoms with E-state index >= 15 is 0 Å². The van der Waals surface area contributed by atoms with Crippen molar-refractivity contribution in [1.29, 1.82) is 0 Å². The Hall–Kier alpha value is -3.26. The summed E-state index contributed by atoms with van der Waals surface area (Å²) in [6.07, 6.45) is 4.72. The number of rotatable bonds is 4.